The van der Waals surface area contributed by atoms with Crippen LogP contribution in [0.2, 0.25) is 5.15 Å². The van der Waals surface area contributed by atoms with Crippen LogP contribution in [0, 0.1) is 5.41 Å². The molecule has 3 N–H and O–H groups in total. The van der Waals surface area contributed by atoms with Gasteiger partial charge in [-0.3, -0.25) is 0 Å². The predicted octanol–water partition coefficient (Wildman–Crippen LogP) is 2.27. The Morgan fingerprint density at radius 2 is 2.28 bits per heavy atom. The first-order valence-corrected chi connectivity index (χ1v) is 6.09. The number of halogens is 1. The molecule has 5 nitrogen and oxygen atoms in total. The minimum Gasteiger partial charge on any atom is -0.396 e. The standard InChI is InChI=1S/C12H18ClN3O2/c1-12(2,5-7-17)8-15-11(18)16-9-4-3-6-14-10(9)13/h3-4,6,17H,5,7-8H2,1-2H3,(H2,15,16,18). The summed E-state index contributed by atoms with van der Waals surface area (Å²) >= 11 is 5.82. The Morgan fingerprint density at radius 1 is 1.56 bits per heavy atom. The minimum absolute atomic E-state index is 0.102. The van der Waals surface area contributed by atoms with E-state index in [-0.39, 0.29) is 23.2 Å². The monoisotopic (exact) mass is 271 g/mol. The van der Waals surface area contributed by atoms with Gasteiger partial charge in [-0.25, -0.2) is 9.78 Å². The Kier molecular flexibility index (Phi) is 5.37. The molecule has 0 bridgehead atoms. The van der Waals surface area contributed by atoms with E-state index in [4.69, 9.17) is 16.7 Å². The molecule has 100 valence electrons. The molecule has 1 aromatic rings. The van der Waals surface area contributed by atoms with Crippen molar-refractivity contribution >= 4 is 23.3 Å². The van der Waals surface area contributed by atoms with Crippen LogP contribution >= 0.6 is 11.6 Å². The maximum Gasteiger partial charge on any atom is 0.319 e. The number of hydrogen-bond acceptors (Lipinski definition) is 3. The number of aromatic nitrogens is 1. The predicted molar refractivity (Wildman–Crippen MR) is 71.8 cm³/mol. The van der Waals surface area contributed by atoms with Crippen molar-refractivity contribution in [3.63, 3.8) is 0 Å². The zero-order chi connectivity index (χ0) is 13.6. The molecule has 0 saturated carbocycles. The lowest BCUT2D eigenvalue weighted by atomic mass is 9.90. The highest BCUT2D eigenvalue weighted by molar-refractivity contribution is 6.32. The number of amides is 2. The van der Waals surface area contributed by atoms with E-state index in [1.807, 2.05) is 13.8 Å². The molecule has 0 radical (unpaired) electrons. The smallest absolute Gasteiger partial charge is 0.319 e. The number of pyridine rings is 1. The number of hydrogen-bond donors (Lipinski definition) is 3. The number of carbonyl (C=O) groups is 1. The summed E-state index contributed by atoms with van der Waals surface area (Å²) in [6.45, 7) is 4.52. The molecule has 0 aliphatic heterocycles. The van der Waals surface area contributed by atoms with Crippen LogP contribution in [0.1, 0.15) is 20.3 Å². The van der Waals surface area contributed by atoms with Crippen molar-refractivity contribution in [1.82, 2.24) is 10.3 Å². The lowest BCUT2D eigenvalue weighted by Gasteiger charge is -2.23. The van der Waals surface area contributed by atoms with Crippen molar-refractivity contribution in [3.8, 4) is 0 Å². The fourth-order valence-electron chi connectivity index (χ4n) is 1.36. The quantitative estimate of drug-likeness (QED) is 0.719. The SMILES string of the molecule is CC(C)(CCO)CNC(=O)Nc1cccnc1Cl. The molecule has 0 spiro atoms. The zero-order valence-corrected chi connectivity index (χ0v) is 11.3. The maximum atomic E-state index is 11.6. The maximum absolute atomic E-state index is 11.6. The highest BCUT2D eigenvalue weighted by Crippen LogP contribution is 2.19. The Labute approximate surface area is 112 Å². The molecule has 0 atom stereocenters. The van der Waals surface area contributed by atoms with Crippen LogP contribution in [0.25, 0.3) is 0 Å². The summed E-state index contributed by atoms with van der Waals surface area (Å²) in [6.07, 6.45) is 2.18. The third-order valence-corrected chi connectivity index (χ3v) is 2.82. The van der Waals surface area contributed by atoms with E-state index in [1.165, 1.54) is 0 Å². The Morgan fingerprint density at radius 3 is 2.89 bits per heavy atom. The van der Waals surface area contributed by atoms with Gasteiger partial charge in [0.25, 0.3) is 0 Å². The van der Waals surface area contributed by atoms with E-state index >= 15 is 0 Å². The minimum atomic E-state index is -0.337. The third kappa shape index (κ3) is 4.89. The van der Waals surface area contributed by atoms with Crippen molar-refractivity contribution < 1.29 is 9.90 Å². The fourth-order valence-corrected chi connectivity index (χ4v) is 1.52. The van der Waals surface area contributed by atoms with E-state index < -0.39 is 0 Å². The molecule has 6 heteroatoms. The van der Waals surface area contributed by atoms with E-state index in [0.29, 0.717) is 18.7 Å². The second kappa shape index (κ2) is 6.56. The summed E-state index contributed by atoms with van der Waals surface area (Å²) in [6, 6.07) is 3.03. The first-order valence-electron chi connectivity index (χ1n) is 5.71. The summed E-state index contributed by atoms with van der Waals surface area (Å²) in [5, 5.41) is 14.5. The van der Waals surface area contributed by atoms with Gasteiger partial charge < -0.3 is 15.7 Å². The first-order chi connectivity index (χ1) is 8.44. The second-order valence-electron chi connectivity index (χ2n) is 4.79. The van der Waals surface area contributed by atoms with Crippen LogP contribution in [0.3, 0.4) is 0 Å². The van der Waals surface area contributed by atoms with Gasteiger partial charge in [-0.15, -0.1) is 0 Å². The van der Waals surface area contributed by atoms with Crippen molar-refractivity contribution in [2.45, 2.75) is 20.3 Å². The van der Waals surface area contributed by atoms with Gasteiger partial charge in [0.1, 0.15) is 0 Å². The summed E-state index contributed by atoms with van der Waals surface area (Å²) in [5.74, 6) is 0. The average molecular weight is 272 g/mol. The normalized spacial score (nSPS) is 11.1. The fraction of sp³-hybridized carbons (Fsp3) is 0.500. The molecule has 1 aromatic heterocycles. The molecular formula is C12H18ClN3O2. The number of nitrogens with zero attached hydrogens (tertiary/aromatic N) is 1. The van der Waals surface area contributed by atoms with E-state index in [1.54, 1.807) is 18.3 Å². The average Bonchev–Trinajstić information content (AvgIpc) is 2.30. The van der Waals surface area contributed by atoms with E-state index in [0.717, 1.165) is 0 Å². The van der Waals surface area contributed by atoms with Gasteiger partial charge in [-0.05, 0) is 24.0 Å². The van der Waals surface area contributed by atoms with Gasteiger partial charge in [-0.2, -0.15) is 0 Å². The van der Waals surface area contributed by atoms with Crippen molar-refractivity contribution in [3.05, 3.63) is 23.5 Å². The summed E-state index contributed by atoms with van der Waals surface area (Å²) in [4.78, 5) is 15.5. The topological polar surface area (TPSA) is 74.2 Å². The van der Waals surface area contributed by atoms with Crippen molar-refractivity contribution in [2.75, 3.05) is 18.5 Å². The van der Waals surface area contributed by atoms with Gasteiger partial charge >= 0.3 is 6.03 Å². The molecular weight excluding hydrogens is 254 g/mol. The molecule has 18 heavy (non-hydrogen) atoms. The van der Waals surface area contributed by atoms with Gasteiger partial charge in [0.05, 0.1) is 5.69 Å². The molecule has 0 aliphatic carbocycles. The van der Waals surface area contributed by atoms with Crippen molar-refractivity contribution in [2.24, 2.45) is 5.41 Å². The number of aliphatic hydroxyl groups excluding tert-OH is 1. The van der Waals surface area contributed by atoms with Crippen LogP contribution in [0.15, 0.2) is 18.3 Å². The van der Waals surface area contributed by atoms with Gasteiger partial charge in [-0.1, -0.05) is 25.4 Å². The van der Waals surface area contributed by atoms with Crippen LogP contribution in [0.5, 0.6) is 0 Å². The largest absolute Gasteiger partial charge is 0.396 e. The third-order valence-electron chi connectivity index (χ3n) is 2.52. The van der Waals surface area contributed by atoms with Gasteiger partial charge in [0.2, 0.25) is 0 Å². The van der Waals surface area contributed by atoms with E-state index in [2.05, 4.69) is 15.6 Å². The molecule has 1 rings (SSSR count). The lowest BCUT2D eigenvalue weighted by molar-refractivity contribution is 0.204. The van der Waals surface area contributed by atoms with Crippen LogP contribution in [-0.4, -0.2) is 29.3 Å². The summed E-state index contributed by atoms with van der Waals surface area (Å²) in [7, 11) is 0. The van der Waals surface area contributed by atoms with Gasteiger partial charge in [0.15, 0.2) is 5.15 Å². The summed E-state index contributed by atoms with van der Waals surface area (Å²) < 4.78 is 0. The van der Waals surface area contributed by atoms with Gasteiger partial charge in [0, 0.05) is 19.3 Å². The van der Waals surface area contributed by atoms with Crippen LogP contribution in [-0.2, 0) is 0 Å². The highest BCUT2D eigenvalue weighted by Gasteiger charge is 2.18. The molecule has 0 fully saturated rings. The molecule has 0 aromatic carbocycles. The summed E-state index contributed by atoms with van der Waals surface area (Å²) in [5.41, 5.74) is 0.321. The first kappa shape index (κ1) is 14.7. The number of carbonyl (C=O) groups excluding carboxylic acids is 1. The lowest BCUT2D eigenvalue weighted by Crippen LogP contribution is -2.37. The second-order valence-corrected chi connectivity index (χ2v) is 5.15. The number of urea groups is 1. The zero-order valence-electron chi connectivity index (χ0n) is 10.5. The molecule has 0 saturated heterocycles. The number of nitrogens with one attached hydrogen (secondary N) is 2. The molecule has 0 aliphatic rings. The molecule has 1 heterocycles. The number of rotatable bonds is 5. The van der Waals surface area contributed by atoms with Crippen molar-refractivity contribution in [1.29, 1.82) is 0 Å². The molecule has 2 amide bonds. The highest BCUT2D eigenvalue weighted by atomic mass is 35.5. The number of anilines is 1. The molecule has 0 unspecified atom stereocenters. The Balaban J connectivity index is 2.46. The van der Waals surface area contributed by atoms with E-state index in [9.17, 15) is 4.79 Å². The Bertz CT molecular complexity index is 410. The van der Waals surface area contributed by atoms with Crippen LogP contribution in [0.4, 0.5) is 10.5 Å². The van der Waals surface area contributed by atoms with Crippen LogP contribution < -0.4 is 10.6 Å². The number of aliphatic hydroxyl groups is 1. The Hall–Kier alpha value is -1.33.